The average molecular weight is 699 g/mol. The van der Waals surface area contributed by atoms with Crippen molar-refractivity contribution in [3.63, 3.8) is 0 Å². The monoisotopic (exact) mass is 698 g/mol. The topological polar surface area (TPSA) is 8.17 Å². The second kappa shape index (κ2) is 11.7. The Morgan fingerprint density at radius 2 is 1.00 bits per heavy atom. The summed E-state index contributed by atoms with van der Waals surface area (Å²) in [6.07, 6.45) is 0. The summed E-state index contributed by atoms with van der Waals surface area (Å²) >= 11 is 3.77. The first-order valence-electron chi connectivity index (χ1n) is 17.6. The zero-order valence-corrected chi connectivity index (χ0v) is 29.7. The lowest BCUT2D eigenvalue weighted by molar-refractivity contribution is 1.17. The van der Waals surface area contributed by atoms with Gasteiger partial charge < -0.3 is 9.47 Å². The Morgan fingerprint density at radius 3 is 1.77 bits per heavy atom. The molecule has 11 aromatic rings. The third-order valence-electron chi connectivity index (χ3n) is 10.4. The van der Waals surface area contributed by atoms with Gasteiger partial charge in [-0.15, -0.1) is 22.7 Å². The number of nitrogens with zero attached hydrogens (tertiary/aromatic N) is 2. The molecule has 0 amide bonds. The summed E-state index contributed by atoms with van der Waals surface area (Å²) in [5.41, 5.74) is 9.52. The van der Waals surface area contributed by atoms with Crippen LogP contribution in [0.5, 0.6) is 0 Å². The molecule has 0 aliphatic heterocycles. The minimum absolute atomic E-state index is 1.12. The van der Waals surface area contributed by atoms with Gasteiger partial charge in [-0.05, 0) is 65.7 Å². The van der Waals surface area contributed by atoms with Crippen molar-refractivity contribution in [2.24, 2.45) is 0 Å². The van der Waals surface area contributed by atoms with E-state index in [1.807, 2.05) is 22.7 Å². The molecule has 3 heterocycles. The molecule has 3 aromatic heterocycles. The molecule has 0 atom stereocenters. The van der Waals surface area contributed by atoms with Crippen LogP contribution in [0.1, 0.15) is 0 Å². The zero-order chi connectivity index (χ0) is 34.2. The third-order valence-corrected chi connectivity index (χ3v) is 12.8. The lowest BCUT2D eigenvalue weighted by Gasteiger charge is -2.28. The maximum atomic E-state index is 2.52. The first-order chi connectivity index (χ1) is 25.8. The van der Waals surface area contributed by atoms with E-state index in [0.717, 1.165) is 11.4 Å². The predicted octanol–water partition coefficient (Wildman–Crippen LogP) is 14.7. The van der Waals surface area contributed by atoms with Gasteiger partial charge in [-0.1, -0.05) is 127 Å². The van der Waals surface area contributed by atoms with Crippen molar-refractivity contribution in [1.29, 1.82) is 0 Å². The molecule has 4 heteroatoms. The van der Waals surface area contributed by atoms with Crippen molar-refractivity contribution in [3.05, 3.63) is 182 Å². The number of hydrogen-bond acceptors (Lipinski definition) is 3. The van der Waals surface area contributed by atoms with Gasteiger partial charge in [0.05, 0.1) is 27.1 Å². The summed E-state index contributed by atoms with van der Waals surface area (Å²) in [6, 6.07) is 66.6. The van der Waals surface area contributed by atoms with Crippen molar-refractivity contribution in [3.8, 4) is 16.8 Å². The van der Waals surface area contributed by atoms with Crippen LogP contribution in [-0.2, 0) is 0 Å². The molecule has 0 spiro atoms. The van der Waals surface area contributed by atoms with Crippen molar-refractivity contribution in [1.82, 2.24) is 4.57 Å². The van der Waals surface area contributed by atoms with Gasteiger partial charge in [0, 0.05) is 57.8 Å². The van der Waals surface area contributed by atoms with Crippen LogP contribution in [0.3, 0.4) is 0 Å². The molecule has 0 aliphatic carbocycles. The molecule has 0 bridgehead atoms. The molecule has 11 rings (SSSR count). The minimum atomic E-state index is 1.12. The molecule has 0 fully saturated rings. The molecular weight excluding hydrogens is 669 g/mol. The van der Waals surface area contributed by atoms with Gasteiger partial charge in [0.15, 0.2) is 0 Å². The van der Waals surface area contributed by atoms with E-state index in [4.69, 9.17) is 0 Å². The van der Waals surface area contributed by atoms with Gasteiger partial charge in [-0.25, -0.2) is 0 Å². The van der Waals surface area contributed by atoms with E-state index in [-0.39, 0.29) is 0 Å². The van der Waals surface area contributed by atoms with Gasteiger partial charge >= 0.3 is 0 Å². The first-order valence-corrected chi connectivity index (χ1v) is 19.2. The number of benzene rings is 8. The van der Waals surface area contributed by atoms with Crippen LogP contribution in [0.4, 0.5) is 17.1 Å². The Bertz CT molecular complexity index is 3090. The number of para-hydroxylation sites is 2. The molecule has 0 saturated carbocycles. The summed E-state index contributed by atoms with van der Waals surface area (Å²) in [7, 11) is 0. The van der Waals surface area contributed by atoms with Crippen molar-refractivity contribution >= 4 is 102 Å². The van der Waals surface area contributed by atoms with E-state index in [1.54, 1.807) is 0 Å². The van der Waals surface area contributed by atoms with E-state index >= 15 is 0 Å². The normalized spacial score (nSPS) is 11.8. The van der Waals surface area contributed by atoms with E-state index in [1.165, 1.54) is 84.7 Å². The Kier molecular flexibility index (Phi) is 6.63. The lowest BCUT2D eigenvalue weighted by Crippen LogP contribution is -2.11. The maximum Gasteiger partial charge on any atom is 0.0640 e. The van der Waals surface area contributed by atoms with Crippen molar-refractivity contribution in [2.45, 2.75) is 0 Å². The Labute approximate surface area is 308 Å². The summed E-state index contributed by atoms with van der Waals surface area (Å²) < 4.78 is 7.60. The van der Waals surface area contributed by atoms with Crippen LogP contribution in [0.15, 0.2) is 182 Å². The zero-order valence-electron chi connectivity index (χ0n) is 28.0. The Morgan fingerprint density at radius 1 is 0.404 bits per heavy atom. The summed E-state index contributed by atoms with van der Waals surface area (Å²) in [5, 5.41) is 7.67. The SMILES string of the molecule is c1ccc(-c2ccc(N(c3cccc(-n4c5ccccc5c5ccccc54)c3)c3cccc4c3sc3ccccc34)c3c2sc2ccccc23)cc1. The highest BCUT2D eigenvalue weighted by molar-refractivity contribution is 7.27. The van der Waals surface area contributed by atoms with Crippen molar-refractivity contribution < 1.29 is 0 Å². The molecule has 0 saturated heterocycles. The highest BCUT2D eigenvalue weighted by Gasteiger charge is 2.24. The average Bonchev–Trinajstić information content (AvgIpc) is 3.89. The lowest BCUT2D eigenvalue weighted by atomic mass is 10.00. The molecule has 0 radical (unpaired) electrons. The van der Waals surface area contributed by atoms with Gasteiger partial charge in [0.25, 0.3) is 0 Å². The van der Waals surface area contributed by atoms with Crippen LogP contribution >= 0.6 is 22.7 Å². The highest BCUT2D eigenvalue weighted by Crippen LogP contribution is 2.51. The van der Waals surface area contributed by atoms with Crippen LogP contribution in [0, 0.1) is 0 Å². The second-order valence-electron chi connectivity index (χ2n) is 13.3. The number of rotatable bonds is 5. The van der Waals surface area contributed by atoms with Crippen LogP contribution in [0.2, 0.25) is 0 Å². The number of hydrogen-bond donors (Lipinski definition) is 0. The van der Waals surface area contributed by atoms with Crippen LogP contribution < -0.4 is 4.90 Å². The molecule has 0 N–H and O–H groups in total. The molecule has 0 unspecified atom stereocenters. The number of anilines is 3. The maximum absolute atomic E-state index is 2.52. The first kappa shape index (κ1) is 29.5. The van der Waals surface area contributed by atoms with E-state index in [0.29, 0.717) is 0 Å². The fourth-order valence-electron chi connectivity index (χ4n) is 8.13. The Balaban J connectivity index is 1.24. The molecule has 0 aliphatic rings. The largest absolute Gasteiger partial charge is 0.309 e. The fraction of sp³-hybridized carbons (Fsp3) is 0. The van der Waals surface area contributed by atoms with Crippen LogP contribution in [0.25, 0.3) is 79.0 Å². The Hall–Kier alpha value is -6.20. The van der Waals surface area contributed by atoms with Gasteiger partial charge in [0.1, 0.15) is 0 Å². The number of aromatic nitrogens is 1. The van der Waals surface area contributed by atoms with Gasteiger partial charge in [-0.3, -0.25) is 0 Å². The molecule has 244 valence electrons. The molecule has 52 heavy (non-hydrogen) atoms. The van der Waals surface area contributed by atoms with E-state index in [9.17, 15) is 0 Å². The second-order valence-corrected chi connectivity index (χ2v) is 15.4. The summed E-state index contributed by atoms with van der Waals surface area (Å²) in [4.78, 5) is 2.52. The molecule has 2 nitrogen and oxygen atoms in total. The predicted molar refractivity (Wildman–Crippen MR) is 227 cm³/mol. The van der Waals surface area contributed by atoms with E-state index in [2.05, 4.69) is 191 Å². The number of thiophene rings is 2. The van der Waals surface area contributed by atoms with Gasteiger partial charge in [-0.2, -0.15) is 0 Å². The highest BCUT2D eigenvalue weighted by atomic mass is 32.1. The van der Waals surface area contributed by atoms with Crippen molar-refractivity contribution in [2.75, 3.05) is 4.90 Å². The minimum Gasteiger partial charge on any atom is -0.309 e. The molecular formula is C48H30N2S2. The summed E-state index contributed by atoms with van der Waals surface area (Å²) in [6.45, 7) is 0. The van der Waals surface area contributed by atoms with Gasteiger partial charge in [0.2, 0.25) is 0 Å². The fourth-order valence-corrected chi connectivity index (χ4v) is 10.6. The van der Waals surface area contributed by atoms with E-state index < -0.39 is 0 Å². The standard InChI is InChI=1S/C48H30N2S2/c1-2-14-31(15-3-1)34-28-29-42(46-39-21-7-11-27-45(39)52-48(34)46)50(43-25-13-22-38-37-20-6-10-26-44(37)51-47(38)43)33-17-12-16-32(30-33)49-40-23-8-4-18-35(40)36-19-5-9-24-41(36)49/h1-30H. The summed E-state index contributed by atoms with van der Waals surface area (Å²) in [5.74, 6) is 0. The smallest absolute Gasteiger partial charge is 0.0640 e. The quantitative estimate of drug-likeness (QED) is 0.174. The van der Waals surface area contributed by atoms with Crippen LogP contribution in [-0.4, -0.2) is 4.57 Å². The molecule has 8 aromatic carbocycles. The third kappa shape index (κ3) is 4.42. The number of fused-ring (bicyclic) bond motifs is 9.